The number of nitrogens with zero attached hydrogens (tertiary/aromatic N) is 1. The van der Waals surface area contributed by atoms with E-state index in [1.54, 1.807) is 40.6 Å². The Morgan fingerprint density at radius 3 is 2.41 bits per heavy atom. The molecule has 4 aromatic rings. The van der Waals surface area contributed by atoms with Crippen molar-refractivity contribution in [1.82, 2.24) is 15.2 Å². The summed E-state index contributed by atoms with van der Waals surface area (Å²) in [5.41, 5.74) is 4.64. The molecular weight excluding hydrogens is 624 g/mol. The van der Waals surface area contributed by atoms with Crippen LogP contribution in [0.15, 0.2) is 59.5 Å². The number of unbranched alkanes of at least 4 members (excludes halogenated alkanes) is 2. The van der Waals surface area contributed by atoms with Gasteiger partial charge in [0.15, 0.2) is 11.5 Å². The molecule has 11 heteroatoms. The van der Waals surface area contributed by atoms with E-state index in [0.29, 0.717) is 67.4 Å². The lowest BCUT2D eigenvalue weighted by Crippen LogP contribution is -2.26. The fourth-order valence-corrected chi connectivity index (χ4v) is 6.64. The SMILES string of the molecule is COc1cc2c(c(OC)c1OC)-c1ccc(NCCCCCC(=O)NCCn3ccc4c(OC)cccc43)c(=O)cc1[C@H](NC(C)=O)CC2. The zero-order chi connectivity index (χ0) is 34.9. The van der Waals surface area contributed by atoms with Gasteiger partial charge in [-0.3, -0.25) is 14.4 Å². The number of aryl methyl sites for hydroxylation is 1. The summed E-state index contributed by atoms with van der Waals surface area (Å²) in [5, 5.41) is 10.4. The van der Waals surface area contributed by atoms with Crippen LogP contribution in [0.25, 0.3) is 22.0 Å². The molecule has 49 heavy (non-hydrogen) atoms. The smallest absolute Gasteiger partial charge is 0.220 e. The van der Waals surface area contributed by atoms with Crippen molar-refractivity contribution in [2.45, 2.75) is 58.0 Å². The first kappa shape index (κ1) is 35.1. The van der Waals surface area contributed by atoms with Crippen LogP contribution in [0.3, 0.4) is 0 Å². The van der Waals surface area contributed by atoms with Crippen LogP contribution in [0.1, 0.15) is 56.2 Å². The molecule has 1 heterocycles. The second kappa shape index (κ2) is 16.3. The van der Waals surface area contributed by atoms with Crippen molar-refractivity contribution in [2.75, 3.05) is 46.8 Å². The number of benzene rings is 2. The van der Waals surface area contributed by atoms with Gasteiger partial charge in [-0.25, -0.2) is 0 Å². The van der Waals surface area contributed by atoms with E-state index < -0.39 is 0 Å². The monoisotopic (exact) mass is 670 g/mol. The summed E-state index contributed by atoms with van der Waals surface area (Å²) in [6.45, 7) is 3.27. The maximum absolute atomic E-state index is 13.5. The van der Waals surface area contributed by atoms with Gasteiger partial charge in [-0.1, -0.05) is 18.6 Å². The molecule has 260 valence electrons. The van der Waals surface area contributed by atoms with E-state index in [2.05, 4.69) is 20.5 Å². The number of hydrogen-bond acceptors (Lipinski definition) is 8. The third-order valence-electron chi connectivity index (χ3n) is 8.98. The summed E-state index contributed by atoms with van der Waals surface area (Å²) in [6, 6.07) is 14.8. The summed E-state index contributed by atoms with van der Waals surface area (Å²) >= 11 is 0. The Morgan fingerprint density at radius 1 is 0.878 bits per heavy atom. The number of aromatic nitrogens is 1. The third kappa shape index (κ3) is 7.93. The number of fused-ring (bicyclic) bond motifs is 4. The van der Waals surface area contributed by atoms with Gasteiger partial charge >= 0.3 is 0 Å². The first-order valence-electron chi connectivity index (χ1n) is 16.7. The number of methoxy groups -OCH3 is 4. The fraction of sp³-hybridized carbons (Fsp3) is 0.395. The molecule has 0 unspecified atom stereocenters. The van der Waals surface area contributed by atoms with Crippen molar-refractivity contribution in [3.8, 4) is 34.1 Å². The molecule has 11 nitrogen and oxygen atoms in total. The molecule has 1 aliphatic rings. The predicted octanol–water partition coefficient (Wildman–Crippen LogP) is 5.62. The molecule has 5 rings (SSSR count). The van der Waals surface area contributed by atoms with Gasteiger partial charge in [0.05, 0.1) is 45.7 Å². The molecule has 0 saturated carbocycles. The molecule has 1 atom stereocenters. The number of rotatable bonds is 15. The lowest BCUT2D eigenvalue weighted by molar-refractivity contribution is -0.121. The standard InChI is InChI=1S/C38H46N4O7/c1-24(43)41-29-15-13-25-22-34(47-3)37(48-4)38(49-5)36(25)26-14-16-30(32(44)23-28(26)29)39-18-8-6-7-12-35(45)40-19-21-42-20-17-27-31(42)10-9-11-33(27)46-2/h9-11,14,16-17,20,22-23,29H,6-8,12-13,15,18-19,21H2,1-5H3,(H,39,44)(H,40,45)(H,41,43)/t29-/m1/s1. The van der Waals surface area contributed by atoms with E-state index in [1.807, 2.05) is 42.6 Å². The molecule has 1 aromatic heterocycles. The van der Waals surface area contributed by atoms with Gasteiger partial charge in [-0.15, -0.1) is 0 Å². The molecule has 0 radical (unpaired) electrons. The summed E-state index contributed by atoms with van der Waals surface area (Å²) in [5.74, 6) is 2.21. The van der Waals surface area contributed by atoms with Crippen molar-refractivity contribution < 1.29 is 28.5 Å². The number of carbonyl (C=O) groups is 2. The van der Waals surface area contributed by atoms with E-state index in [4.69, 9.17) is 18.9 Å². The molecule has 0 bridgehead atoms. The molecule has 0 aliphatic heterocycles. The van der Waals surface area contributed by atoms with Crippen LogP contribution >= 0.6 is 0 Å². The summed E-state index contributed by atoms with van der Waals surface area (Å²) < 4.78 is 24.7. The molecule has 3 aromatic carbocycles. The first-order valence-corrected chi connectivity index (χ1v) is 16.7. The zero-order valence-corrected chi connectivity index (χ0v) is 28.9. The Bertz CT molecular complexity index is 1870. The predicted molar refractivity (Wildman–Crippen MR) is 191 cm³/mol. The van der Waals surface area contributed by atoms with Crippen LogP contribution < -0.4 is 40.3 Å². The maximum Gasteiger partial charge on any atom is 0.220 e. The van der Waals surface area contributed by atoms with Crippen molar-refractivity contribution >= 4 is 28.4 Å². The number of amides is 2. The van der Waals surface area contributed by atoms with Crippen molar-refractivity contribution in [3.05, 3.63) is 76.1 Å². The topological polar surface area (TPSA) is 129 Å². The maximum atomic E-state index is 13.5. The van der Waals surface area contributed by atoms with Gasteiger partial charge in [-0.2, -0.15) is 0 Å². The Morgan fingerprint density at radius 2 is 1.67 bits per heavy atom. The normalized spacial score (nSPS) is 13.4. The minimum absolute atomic E-state index is 0.0270. The highest BCUT2D eigenvalue weighted by atomic mass is 16.5. The number of nitrogens with one attached hydrogen (secondary N) is 3. The summed E-state index contributed by atoms with van der Waals surface area (Å²) in [6.07, 6.45) is 6.06. The van der Waals surface area contributed by atoms with E-state index in [0.717, 1.165) is 52.6 Å². The van der Waals surface area contributed by atoms with Crippen LogP contribution in [-0.2, 0) is 22.6 Å². The first-order chi connectivity index (χ1) is 23.8. The van der Waals surface area contributed by atoms with Crippen LogP contribution in [0.2, 0.25) is 0 Å². The second-order valence-electron chi connectivity index (χ2n) is 12.1. The van der Waals surface area contributed by atoms with Gasteiger partial charge in [0.2, 0.25) is 23.0 Å². The van der Waals surface area contributed by atoms with Gasteiger partial charge in [0.25, 0.3) is 0 Å². The number of anilines is 1. The van der Waals surface area contributed by atoms with Gasteiger partial charge < -0.3 is 39.5 Å². The molecule has 1 aliphatic carbocycles. The number of carbonyl (C=O) groups excluding carboxylic acids is 2. The van der Waals surface area contributed by atoms with Crippen molar-refractivity contribution in [1.29, 1.82) is 0 Å². The number of ether oxygens (including phenoxy) is 4. The van der Waals surface area contributed by atoms with Gasteiger partial charge in [0.1, 0.15) is 5.75 Å². The molecule has 0 saturated heterocycles. The fourth-order valence-electron chi connectivity index (χ4n) is 6.64. The van der Waals surface area contributed by atoms with Crippen molar-refractivity contribution in [2.24, 2.45) is 0 Å². The zero-order valence-electron chi connectivity index (χ0n) is 28.9. The molecular formula is C38H46N4O7. The van der Waals surface area contributed by atoms with E-state index in [9.17, 15) is 14.4 Å². The summed E-state index contributed by atoms with van der Waals surface area (Å²) in [7, 11) is 6.38. The average molecular weight is 671 g/mol. The highest BCUT2D eigenvalue weighted by Gasteiger charge is 2.29. The Balaban J connectivity index is 1.20. The summed E-state index contributed by atoms with van der Waals surface area (Å²) in [4.78, 5) is 38.2. The second-order valence-corrected chi connectivity index (χ2v) is 12.1. The Hall–Kier alpha value is -5.19. The minimum Gasteiger partial charge on any atom is -0.496 e. The highest BCUT2D eigenvalue weighted by Crippen LogP contribution is 2.50. The lowest BCUT2D eigenvalue weighted by Gasteiger charge is -2.19. The van der Waals surface area contributed by atoms with Crippen LogP contribution in [-0.4, -0.2) is 57.9 Å². The molecule has 0 fully saturated rings. The van der Waals surface area contributed by atoms with Crippen LogP contribution in [0, 0.1) is 0 Å². The van der Waals surface area contributed by atoms with E-state index in [-0.39, 0.29) is 23.3 Å². The minimum atomic E-state index is -0.369. The molecule has 3 N–H and O–H groups in total. The molecule has 2 amide bonds. The highest BCUT2D eigenvalue weighted by molar-refractivity contribution is 5.86. The Labute approximate surface area is 286 Å². The van der Waals surface area contributed by atoms with Crippen LogP contribution in [0.5, 0.6) is 23.0 Å². The van der Waals surface area contributed by atoms with E-state index >= 15 is 0 Å². The average Bonchev–Trinajstić information content (AvgIpc) is 3.37. The quantitative estimate of drug-likeness (QED) is 0.139. The van der Waals surface area contributed by atoms with Gasteiger partial charge in [0, 0.05) is 50.1 Å². The van der Waals surface area contributed by atoms with E-state index in [1.165, 1.54) is 6.92 Å². The third-order valence-corrected chi connectivity index (χ3v) is 8.98. The number of hydrogen-bond donors (Lipinski definition) is 3. The molecule has 0 spiro atoms. The largest absolute Gasteiger partial charge is 0.496 e. The Kier molecular flexibility index (Phi) is 11.7. The lowest BCUT2D eigenvalue weighted by atomic mass is 9.95. The van der Waals surface area contributed by atoms with Crippen molar-refractivity contribution in [3.63, 3.8) is 0 Å². The van der Waals surface area contributed by atoms with Crippen LogP contribution in [0.4, 0.5) is 5.69 Å². The van der Waals surface area contributed by atoms with Gasteiger partial charge in [-0.05, 0) is 78.8 Å².